The molecule has 2 rings (SSSR count). The number of nitrogens with one attached hydrogen (secondary N) is 2. The summed E-state index contributed by atoms with van der Waals surface area (Å²) in [4.78, 5) is 26.4. The van der Waals surface area contributed by atoms with Gasteiger partial charge in [-0.3, -0.25) is 10.1 Å². The van der Waals surface area contributed by atoms with Crippen LogP contribution in [0.4, 0.5) is 5.13 Å². The van der Waals surface area contributed by atoms with Gasteiger partial charge in [0, 0.05) is 17.2 Å². The predicted octanol–water partition coefficient (Wildman–Crippen LogP) is 0.611. The number of aromatic amines is 1. The summed E-state index contributed by atoms with van der Waals surface area (Å²) in [5.41, 5.74) is 0.146. The maximum atomic E-state index is 11.6. The normalized spacial score (nSPS) is 10.7. The van der Waals surface area contributed by atoms with Crippen molar-refractivity contribution < 1.29 is 14.7 Å². The molecule has 0 spiro atoms. The summed E-state index contributed by atoms with van der Waals surface area (Å²) >= 11 is 1.15. The summed E-state index contributed by atoms with van der Waals surface area (Å²) in [5.74, 6) is -1.48. The van der Waals surface area contributed by atoms with Gasteiger partial charge in [-0.15, -0.1) is 0 Å². The first-order valence-corrected chi connectivity index (χ1v) is 5.51. The highest BCUT2D eigenvalue weighted by Gasteiger charge is 2.10. The lowest BCUT2D eigenvalue weighted by atomic mass is 10.4. The smallest absolute Gasteiger partial charge is 0.328 e. The summed E-state index contributed by atoms with van der Waals surface area (Å²) in [7, 11) is 0. The third kappa shape index (κ3) is 2.98. The van der Waals surface area contributed by atoms with Gasteiger partial charge in [0.05, 0.1) is 6.20 Å². The van der Waals surface area contributed by atoms with Crippen molar-refractivity contribution >= 4 is 34.4 Å². The fraction of sp³-hybridized carbons (Fsp3) is 0. The number of hydrogen-bond donors (Lipinski definition) is 3. The average Bonchev–Trinajstić information content (AvgIpc) is 2.97. The summed E-state index contributed by atoms with van der Waals surface area (Å²) in [6.45, 7) is 0. The molecule has 0 saturated carbocycles. The maximum Gasteiger partial charge on any atom is 0.328 e. The Morgan fingerprint density at radius 1 is 1.44 bits per heavy atom. The van der Waals surface area contributed by atoms with Crippen LogP contribution in [0.2, 0.25) is 0 Å². The van der Waals surface area contributed by atoms with Crippen LogP contribution in [-0.4, -0.2) is 37.4 Å². The fourth-order valence-electron chi connectivity index (χ4n) is 1.05. The molecular weight excluding hydrogens is 258 g/mol. The Morgan fingerprint density at radius 2 is 2.28 bits per heavy atom. The highest BCUT2D eigenvalue weighted by Crippen LogP contribution is 2.19. The number of nitrogens with zero attached hydrogens (tertiary/aromatic N) is 3. The van der Waals surface area contributed by atoms with E-state index in [-0.39, 0.29) is 5.69 Å². The van der Waals surface area contributed by atoms with Crippen molar-refractivity contribution in [3.8, 4) is 0 Å². The van der Waals surface area contributed by atoms with E-state index in [1.54, 1.807) is 0 Å². The van der Waals surface area contributed by atoms with Gasteiger partial charge >= 0.3 is 5.97 Å². The van der Waals surface area contributed by atoms with E-state index in [2.05, 4.69) is 25.7 Å². The van der Waals surface area contributed by atoms with E-state index in [1.807, 2.05) is 0 Å². The molecule has 1 amide bonds. The minimum absolute atomic E-state index is 0.146. The van der Waals surface area contributed by atoms with Crippen LogP contribution in [0.1, 0.15) is 15.4 Å². The first-order valence-electron chi connectivity index (χ1n) is 4.69. The number of carboxylic acid groups (broad SMARTS) is 1. The predicted molar refractivity (Wildman–Crippen MR) is 63.1 cm³/mol. The highest BCUT2D eigenvalue weighted by atomic mass is 32.1. The van der Waals surface area contributed by atoms with Crippen molar-refractivity contribution in [2.75, 3.05) is 5.32 Å². The minimum atomic E-state index is -1.04. The quantitative estimate of drug-likeness (QED) is 0.696. The Bertz CT molecular complexity index is 589. The van der Waals surface area contributed by atoms with Crippen LogP contribution >= 0.6 is 11.3 Å². The van der Waals surface area contributed by atoms with E-state index in [0.717, 1.165) is 17.4 Å². The van der Waals surface area contributed by atoms with Crippen LogP contribution in [0.15, 0.2) is 18.5 Å². The monoisotopic (exact) mass is 265 g/mol. The zero-order valence-corrected chi connectivity index (χ0v) is 9.64. The first kappa shape index (κ1) is 11.9. The molecule has 0 saturated heterocycles. The maximum absolute atomic E-state index is 11.6. The molecule has 3 N–H and O–H groups in total. The lowest BCUT2D eigenvalue weighted by Gasteiger charge is -1.95. The van der Waals surface area contributed by atoms with Crippen LogP contribution in [0.25, 0.3) is 6.08 Å². The number of hydrogen-bond acceptors (Lipinski definition) is 6. The van der Waals surface area contributed by atoms with Crippen molar-refractivity contribution in [1.82, 2.24) is 20.4 Å². The van der Waals surface area contributed by atoms with Gasteiger partial charge in [-0.05, 0) is 6.08 Å². The summed E-state index contributed by atoms with van der Waals surface area (Å²) < 4.78 is 0. The van der Waals surface area contributed by atoms with Gasteiger partial charge in [0.2, 0.25) is 0 Å². The molecule has 0 unspecified atom stereocenters. The third-order valence-electron chi connectivity index (χ3n) is 1.78. The van der Waals surface area contributed by atoms with Gasteiger partial charge in [-0.25, -0.2) is 9.78 Å². The number of rotatable bonds is 4. The molecule has 0 atom stereocenters. The lowest BCUT2D eigenvalue weighted by molar-refractivity contribution is -0.131. The van der Waals surface area contributed by atoms with Crippen LogP contribution in [-0.2, 0) is 4.79 Å². The number of anilines is 1. The van der Waals surface area contributed by atoms with Gasteiger partial charge in [0.25, 0.3) is 5.91 Å². The Labute approximate surface area is 104 Å². The average molecular weight is 265 g/mol. The Balaban J connectivity index is 2.03. The van der Waals surface area contributed by atoms with Gasteiger partial charge in [-0.2, -0.15) is 15.4 Å². The molecule has 0 aliphatic rings. The molecule has 2 aromatic heterocycles. The Kier molecular flexibility index (Phi) is 3.44. The zero-order chi connectivity index (χ0) is 13.0. The molecular formula is C9H7N5O3S. The number of carbonyl (C=O) groups excluding carboxylic acids is 1. The molecule has 92 valence electrons. The second-order valence-electron chi connectivity index (χ2n) is 3.05. The summed E-state index contributed by atoms with van der Waals surface area (Å²) in [5, 5.41) is 20.8. The number of aliphatic carboxylic acids is 1. The first-order chi connectivity index (χ1) is 8.65. The number of H-pyrrole nitrogens is 1. The van der Waals surface area contributed by atoms with Gasteiger partial charge in [0.1, 0.15) is 0 Å². The molecule has 0 bridgehead atoms. The summed E-state index contributed by atoms with van der Waals surface area (Å²) in [6.07, 6.45) is 5.14. The highest BCUT2D eigenvalue weighted by molar-refractivity contribution is 7.16. The van der Waals surface area contributed by atoms with Crippen LogP contribution < -0.4 is 5.32 Å². The van der Waals surface area contributed by atoms with E-state index >= 15 is 0 Å². The number of carbonyl (C=O) groups is 2. The van der Waals surface area contributed by atoms with E-state index in [1.165, 1.54) is 18.5 Å². The SMILES string of the molecule is O=C(O)C=Cc1cnc(NC(=O)c2cn[nH]n2)s1. The summed E-state index contributed by atoms with van der Waals surface area (Å²) in [6, 6.07) is 0. The van der Waals surface area contributed by atoms with E-state index in [4.69, 9.17) is 5.11 Å². The van der Waals surface area contributed by atoms with E-state index < -0.39 is 11.9 Å². The Hall–Kier alpha value is -2.55. The topological polar surface area (TPSA) is 121 Å². The van der Waals surface area contributed by atoms with Gasteiger partial charge in [0.15, 0.2) is 10.8 Å². The van der Waals surface area contributed by atoms with E-state index in [9.17, 15) is 9.59 Å². The third-order valence-corrected chi connectivity index (χ3v) is 2.66. The molecule has 0 aromatic carbocycles. The second-order valence-corrected chi connectivity index (χ2v) is 4.11. The van der Waals surface area contributed by atoms with Gasteiger partial charge in [-0.1, -0.05) is 11.3 Å². The standard InChI is InChI=1S/C9H7N5O3S/c15-7(16)2-1-5-3-10-9(18-5)12-8(17)6-4-11-14-13-6/h1-4H,(H,15,16)(H,10,12,17)(H,11,13,14). The molecule has 2 heterocycles. The number of aromatic nitrogens is 4. The van der Waals surface area contributed by atoms with Crippen LogP contribution in [0, 0.1) is 0 Å². The number of carboxylic acids is 1. The Morgan fingerprint density at radius 3 is 2.94 bits per heavy atom. The zero-order valence-electron chi connectivity index (χ0n) is 8.82. The lowest BCUT2D eigenvalue weighted by Crippen LogP contribution is -2.11. The van der Waals surface area contributed by atoms with Crippen molar-refractivity contribution in [3.05, 3.63) is 29.0 Å². The largest absolute Gasteiger partial charge is 0.478 e. The van der Waals surface area contributed by atoms with Crippen LogP contribution in [0.5, 0.6) is 0 Å². The minimum Gasteiger partial charge on any atom is -0.478 e. The molecule has 8 nitrogen and oxygen atoms in total. The van der Waals surface area contributed by atoms with Crippen LogP contribution in [0.3, 0.4) is 0 Å². The molecule has 2 aromatic rings. The number of thiazole rings is 1. The molecule has 0 aliphatic carbocycles. The fourth-order valence-corrected chi connectivity index (χ4v) is 1.76. The van der Waals surface area contributed by atoms with Crippen molar-refractivity contribution in [2.45, 2.75) is 0 Å². The molecule has 0 aliphatic heterocycles. The van der Waals surface area contributed by atoms with Crippen molar-refractivity contribution in [1.29, 1.82) is 0 Å². The molecule has 0 fully saturated rings. The number of amides is 1. The molecule has 18 heavy (non-hydrogen) atoms. The molecule has 9 heteroatoms. The molecule has 0 radical (unpaired) electrons. The van der Waals surface area contributed by atoms with Crippen molar-refractivity contribution in [2.24, 2.45) is 0 Å². The van der Waals surface area contributed by atoms with Crippen molar-refractivity contribution in [3.63, 3.8) is 0 Å². The second kappa shape index (κ2) is 5.19. The van der Waals surface area contributed by atoms with E-state index in [0.29, 0.717) is 10.0 Å². The van der Waals surface area contributed by atoms with Gasteiger partial charge < -0.3 is 5.11 Å².